The minimum Gasteiger partial charge on any atom is -0.504 e. The highest BCUT2D eigenvalue weighted by atomic mass is 16.4. The van der Waals surface area contributed by atoms with Crippen molar-refractivity contribution in [1.82, 2.24) is 5.32 Å². The maximum Gasteiger partial charge on any atom is 0.323 e. The Morgan fingerprint density at radius 2 is 1.76 bits per heavy atom. The normalized spacial score (nSPS) is 12.3. The van der Waals surface area contributed by atoms with Crippen LogP contribution in [0.15, 0.2) is 12.1 Å². The minimum absolute atomic E-state index is 0.0128. The molecule has 0 unspecified atom stereocenters. The van der Waals surface area contributed by atoms with E-state index < -0.39 is 35.9 Å². The van der Waals surface area contributed by atoms with E-state index in [0.717, 1.165) is 0 Å². The Morgan fingerprint density at radius 1 is 1.24 bits per heavy atom. The summed E-state index contributed by atoms with van der Waals surface area (Å²) in [6.07, 6.45) is 0. The number of rotatable bonds is 5. The van der Waals surface area contributed by atoms with Crippen LogP contribution in [0.2, 0.25) is 0 Å². The number of aliphatic hydroxyl groups is 1. The van der Waals surface area contributed by atoms with Crippen LogP contribution in [0.4, 0.5) is 0 Å². The van der Waals surface area contributed by atoms with Crippen LogP contribution in [0.3, 0.4) is 0 Å². The maximum atomic E-state index is 10.6. The highest BCUT2D eigenvalue weighted by molar-refractivity contribution is 5.73. The molecule has 1 rings (SSSR count). The molecule has 1 aromatic rings. The number of phenolic OH excluding ortho intramolecular Hbond substituents is 3. The van der Waals surface area contributed by atoms with Gasteiger partial charge in [0.2, 0.25) is 0 Å². The van der Waals surface area contributed by atoms with E-state index >= 15 is 0 Å². The smallest absolute Gasteiger partial charge is 0.323 e. The molecule has 0 aliphatic carbocycles. The minimum atomic E-state index is -1.21. The lowest BCUT2D eigenvalue weighted by Crippen LogP contribution is -2.39. The summed E-state index contributed by atoms with van der Waals surface area (Å²) in [5.74, 6) is -2.85. The monoisotopic (exact) mass is 243 g/mol. The summed E-state index contributed by atoms with van der Waals surface area (Å²) in [6, 6.07) is 1.23. The first-order valence-corrected chi connectivity index (χ1v) is 4.76. The van der Waals surface area contributed by atoms with Gasteiger partial charge in [0.1, 0.15) is 6.04 Å². The van der Waals surface area contributed by atoms with Crippen molar-refractivity contribution >= 4 is 5.97 Å². The molecule has 0 bridgehead atoms. The Labute approximate surface area is 96.6 Å². The molecule has 0 fully saturated rings. The molecule has 0 saturated carbocycles. The molecule has 0 radical (unpaired) electrons. The lowest BCUT2D eigenvalue weighted by Gasteiger charge is -2.12. The molecule has 0 aliphatic rings. The summed E-state index contributed by atoms with van der Waals surface area (Å²) in [5, 5.41) is 47.4. The Hall–Kier alpha value is -1.99. The number of hydrogen-bond donors (Lipinski definition) is 6. The van der Waals surface area contributed by atoms with E-state index in [9.17, 15) is 15.0 Å². The Morgan fingerprint density at radius 3 is 2.18 bits per heavy atom. The fourth-order valence-corrected chi connectivity index (χ4v) is 1.23. The number of benzene rings is 1. The zero-order chi connectivity index (χ0) is 13.0. The van der Waals surface area contributed by atoms with Crippen molar-refractivity contribution < 1.29 is 30.3 Å². The fraction of sp³-hybridized carbons (Fsp3) is 0.300. The molecule has 1 aromatic carbocycles. The van der Waals surface area contributed by atoms with Crippen LogP contribution in [0.1, 0.15) is 5.56 Å². The number of aliphatic hydroxyl groups excluding tert-OH is 1. The average Bonchev–Trinajstić information content (AvgIpc) is 2.26. The van der Waals surface area contributed by atoms with Gasteiger partial charge in [-0.3, -0.25) is 10.1 Å². The van der Waals surface area contributed by atoms with Crippen molar-refractivity contribution in [3.8, 4) is 17.2 Å². The molecule has 0 amide bonds. The van der Waals surface area contributed by atoms with Gasteiger partial charge in [-0.2, -0.15) is 0 Å². The van der Waals surface area contributed by atoms with Crippen LogP contribution in [-0.2, 0) is 11.3 Å². The van der Waals surface area contributed by atoms with Gasteiger partial charge in [0.25, 0.3) is 0 Å². The third kappa shape index (κ3) is 3.23. The predicted octanol–water partition coefficient (Wildman–Crippen LogP) is -0.661. The number of aliphatic carboxylic acids is 1. The molecule has 1 atom stereocenters. The van der Waals surface area contributed by atoms with Crippen LogP contribution < -0.4 is 5.32 Å². The van der Waals surface area contributed by atoms with Gasteiger partial charge in [-0.15, -0.1) is 0 Å². The molecule has 7 heteroatoms. The first-order chi connectivity index (χ1) is 7.95. The van der Waals surface area contributed by atoms with E-state index in [1.807, 2.05) is 0 Å². The highest BCUT2D eigenvalue weighted by Crippen LogP contribution is 2.35. The molecule has 17 heavy (non-hydrogen) atoms. The van der Waals surface area contributed by atoms with Crippen LogP contribution >= 0.6 is 0 Å². The molecular formula is C10H13NO6. The molecule has 0 aliphatic heterocycles. The molecule has 94 valence electrons. The van der Waals surface area contributed by atoms with Crippen molar-refractivity contribution in [1.29, 1.82) is 0 Å². The molecule has 0 aromatic heterocycles. The molecule has 0 spiro atoms. The van der Waals surface area contributed by atoms with Crippen molar-refractivity contribution in [2.45, 2.75) is 12.6 Å². The quantitative estimate of drug-likeness (QED) is 0.378. The largest absolute Gasteiger partial charge is 0.504 e. The number of carboxylic acid groups (broad SMARTS) is 1. The molecule has 6 N–H and O–H groups in total. The van der Waals surface area contributed by atoms with Gasteiger partial charge in [0.15, 0.2) is 17.2 Å². The number of aromatic hydroxyl groups is 3. The summed E-state index contributed by atoms with van der Waals surface area (Å²) in [4.78, 5) is 10.6. The fourth-order valence-electron chi connectivity index (χ4n) is 1.23. The van der Waals surface area contributed by atoms with Gasteiger partial charge in [-0.25, -0.2) is 0 Å². The Bertz CT molecular complexity index is 396. The van der Waals surface area contributed by atoms with Gasteiger partial charge in [0.05, 0.1) is 6.61 Å². The summed E-state index contributed by atoms with van der Waals surface area (Å²) >= 11 is 0. The summed E-state index contributed by atoms with van der Waals surface area (Å²) < 4.78 is 0. The zero-order valence-corrected chi connectivity index (χ0v) is 8.79. The van der Waals surface area contributed by atoms with E-state index in [2.05, 4.69) is 5.32 Å². The second-order valence-electron chi connectivity index (χ2n) is 3.44. The second kappa shape index (κ2) is 5.37. The number of carbonyl (C=O) groups is 1. The SMILES string of the molecule is O=C(O)[C@H](CO)NCc1cc(O)c(O)c(O)c1. The van der Waals surface area contributed by atoms with Gasteiger partial charge in [0, 0.05) is 6.54 Å². The third-order valence-corrected chi connectivity index (χ3v) is 2.16. The molecule has 7 nitrogen and oxygen atoms in total. The van der Waals surface area contributed by atoms with Gasteiger partial charge in [-0.05, 0) is 17.7 Å². The molecule has 0 heterocycles. The van der Waals surface area contributed by atoms with Gasteiger partial charge in [-0.1, -0.05) is 0 Å². The lowest BCUT2D eigenvalue weighted by atomic mass is 10.1. The third-order valence-electron chi connectivity index (χ3n) is 2.16. The van der Waals surface area contributed by atoms with Crippen molar-refractivity contribution in [2.75, 3.05) is 6.61 Å². The summed E-state index contributed by atoms with van der Waals surface area (Å²) in [5.41, 5.74) is 0.373. The number of nitrogens with one attached hydrogen (secondary N) is 1. The van der Waals surface area contributed by atoms with E-state index in [4.69, 9.17) is 15.3 Å². The first kappa shape index (κ1) is 13.1. The van der Waals surface area contributed by atoms with E-state index in [0.29, 0.717) is 5.56 Å². The number of phenols is 3. The maximum absolute atomic E-state index is 10.6. The second-order valence-corrected chi connectivity index (χ2v) is 3.44. The van der Waals surface area contributed by atoms with Crippen LogP contribution in [-0.4, -0.2) is 44.2 Å². The molecular weight excluding hydrogens is 230 g/mol. The summed E-state index contributed by atoms with van der Waals surface area (Å²) in [6.45, 7) is -0.565. The van der Waals surface area contributed by atoms with E-state index in [1.165, 1.54) is 12.1 Å². The zero-order valence-electron chi connectivity index (χ0n) is 8.79. The predicted molar refractivity (Wildman–Crippen MR) is 56.8 cm³/mol. The number of hydrogen-bond acceptors (Lipinski definition) is 6. The summed E-state index contributed by atoms with van der Waals surface area (Å²) in [7, 11) is 0. The van der Waals surface area contributed by atoms with E-state index in [1.54, 1.807) is 0 Å². The van der Waals surface area contributed by atoms with Gasteiger partial charge >= 0.3 is 5.97 Å². The topological polar surface area (TPSA) is 130 Å². The van der Waals surface area contributed by atoms with E-state index in [-0.39, 0.29) is 6.54 Å². The Kier molecular flexibility index (Phi) is 4.13. The highest BCUT2D eigenvalue weighted by Gasteiger charge is 2.15. The average molecular weight is 243 g/mol. The van der Waals surface area contributed by atoms with Gasteiger partial charge < -0.3 is 25.5 Å². The number of carboxylic acids is 1. The van der Waals surface area contributed by atoms with Crippen molar-refractivity contribution in [3.63, 3.8) is 0 Å². The van der Waals surface area contributed by atoms with Crippen molar-refractivity contribution in [3.05, 3.63) is 17.7 Å². The van der Waals surface area contributed by atoms with Crippen LogP contribution in [0, 0.1) is 0 Å². The van der Waals surface area contributed by atoms with Crippen LogP contribution in [0.25, 0.3) is 0 Å². The standard InChI is InChI=1S/C10H13NO6/c12-4-6(10(16)17)11-3-5-1-7(13)9(15)8(14)2-5/h1-2,6,11-15H,3-4H2,(H,16,17)/t6-/m0/s1. The molecule has 0 saturated heterocycles. The first-order valence-electron chi connectivity index (χ1n) is 4.76. The van der Waals surface area contributed by atoms with Crippen molar-refractivity contribution in [2.24, 2.45) is 0 Å². The Balaban J connectivity index is 2.73. The lowest BCUT2D eigenvalue weighted by molar-refractivity contribution is -0.140. The van der Waals surface area contributed by atoms with Crippen LogP contribution in [0.5, 0.6) is 17.2 Å².